The predicted molar refractivity (Wildman–Crippen MR) is 75.1 cm³/mol. The van der Waals surface area contributed by atoms with Crippen molar-refractivity contribution >= 4 is 29.1 Å². The fourth-order valence-corrected chi connectivity index (χ4v) is 2.45. The monoisotopic (exact) mass is 297 g/mol. The van der Waals surface area contributed by atoms with Gasteiger partial charge in [-0.1, -0.05) is 23.4 Å². The van der Waals surface area contributed by atoms with Crippen LogP contribution in [0.15, 0.2) is 34.4 Å². The lowest BCUT2D eigenvalue weighted by atomic mass is 10.3. The topological polar surface area (TPSA) is 70.3 Å². The first-order chi connectivity index (χ1) is 9.15. The highest BCUT2D eigenvalue weighted by Gasteiger charge is 2.10. The van der Waals surface area contributed by atoms with Gasteiger partial charge >= 0.3 is 0 Å². The first-order valence-corrected chi connectivity index (χ1v) is 6.51. The van der Waals surface area contributed by atoms with Crippen LogP contribution in [0.1, 0.15) is 0 Å². The zero-order valence-electron chi connectivity index (χ0n) is 10.4. The second kappa shape index (κ2) is 5.99. The number of anilines is 1. The molecule has 0 fully saturated rings. The highest BCUT2D eigenvalue weighted by atomic mass is 35.5. The third-order valence-corrected chi connectivity index (χ3v) is 3.68. The lowest BCUT2D eigenvalue weighted by Crippen LogP contribution is -1.95. The Kier molecular flexibility index (Phi) is 4.34. The molecular formula is C12H12ClN3O2S. The van der Waals surface area contributed by atoms with Gasteiger partial charge in [0.05, 0.1) is 14.2 Å². The van der Waals surface area contributed by atoms with E-state index in [1.165, 1.54) is 18.1 Å². The van der Waals surface area contributed by atoms with Gasteiger partial charge in [-0.2, -0.15) is 0 Å². The van der Waals surface area contributed by atoms with Gasteiger partial charge in [-0.25, -0.2) is 9.97 Å². The Morgan fingerprint density at radius 1 is 1.16 bits per heavy atom. The van der Waals surface area contributed by atoms with Crippen molar-refractivity contribution in [1.82, 2.24) is 9.97 Å². The van der Waals surface area contributed by atoms with Gasteiger partial charge in [-0.3, -0.25) is 0 Å². The summed E-state index contributed by atoms with van der Waals surface area (Å²) in [6.45, 7) is 0. The van der Waals surface area contributed by atoms with E-state index in [4.69, 9.17) is 26.8 Å². The molecule has 100 valence electrons. The average Bonchev–Trinajstić information content (AvgIpc) is 2.43. The molecule has 0 unspecified atom stereocenters. The number of nitrogens with zero attached hydrogens (tertiary/aromatic N) is 2. The van der Waals surface area contributed by atoms with Crippen LogP contribution in [-0.2, 0) is 0 Å². The highest BCUT2D eigenvalue weighted by Crippen LogP contribution is 2.37. The summed E-state index contributed by atoms with van der Waals surface area (Å²) in [7, 11) is 3.18. The summed E-state index contributed by atoms with van der Waals surface area (Å²) in [5, 5.41) is 0.852. The molecular weight excluding hydrogens is 286 g/mol. The molecule has 2 rings (SSSR count). The Balaban J connectivity index is 2.31. The summed E-state index contributed by atoms with van der Waals surface area (Å²) in [5.74, 6) is 1.31. The molecule has 5 nitrogen and oxygen atoms in total. The Hall–Kier alpha value is -1.66. The third kappa shape index (κ3) is 3.02. The molecule has 0 atom stereocenters. The molecule has 2 aromatic rings. The second-order valence-corrected chi connectivity index (χ2v) is 4.92. The zero-order valence-corrected chi connectivity index (χ0v) is 12.0. The number of ether oxygens (including phenoxy) is 2. The van der Waals surface area contributed by atoms with E-state index in [1.54, 1.807) is 14.2 Å². The summed E-state index contributed by atoms with van der Waals surface area (Å²) in [6.07, 6.45) is 1.38. The van der Waals surface area contributed by atoms with Crippen LogP contribution in [0.25, 0.3) is 0 Å². The molecule has 0 aliphatic carbocycles. The van der Waals surface area contributed by atoms with Crippen LogP contribution in [0.3, 0.4) is 0 Å². The molecule has 0 aliphatic rings. The molecule has 7 heteroatoms. The smallest absolute Gasteiger partial charge is 0.161 e. The minimum atomic E-state index is 0.248. The number of nitrogen functional groups attached to an aromatic ring is 1. The van der Waals surface area contributed by atoms with E-state index in [-0.39, 0.29) is 5.15 Å². The molecule has 0 aliphatic heterocycles. The fraction of sp³-hybridized carbons (Fsp3) is 0.167. The van der Waals surface area contributed by atoms with Gasteiger partial charge in [-0.15, -0.1) is 0 Å². The molecule has 1 heterocycles. The van der Waals surface area contributed by atoms with E-state index in [2.05, 4.69) is 9.97 Å². The summed E-state index contributed by atoms with van der Waals surface area (Å²) in [4.78, 5) is 8.83. The number of benzene rings is 1. The van der Waals surface area contributed by atoms with Crippen molar-refractivity contribution < 1.29 is 9.47 Å². The second-order valence-electron chi connectivity index (χ2n) is 3.50. The summed E-state index contributed by atoms with van der Waals surface area (Å²) >= 11 is 7.23. The largest absolute Gasteiger partial charge is 0.493 e. The molecule has 0 radical (unpaired) electrons. The molecule has 0 amide bonds. The van der Waals surface area contributed by atoms with Crippen LogP contribution in [-0.4, -0.2) is 24.2 Å². The van der Waals surface area contributed by atoms with Crippen molar-refractivity contribution in [3.8, 4) is 11.5 Å². The Morgan fingerprint density at radius 2 is 1.89 bits per heavy atom. The minimum absolute atomic E-state index is 0.248. The number of rotatable bonds is 4. The van der Waals surface area contributed by atoms with E-state index in [0.29, 0.717) is 22.2 Å². The van der Waals surface area contributed by atoms with E-state index in [0.717, 1.165) is 4.90 Å². The van der Waals surface area contributed by atoms with Gasteiger partial charge in [0.25, 0.3) is 0 Å². The number of aromatic nitrogens is 2. The molecule has 0 saturated heterocycles. The summed E-state index contributed by atoms with van der Waals surface area (Å²) in [5.41, 5.74) is 6.19. The number of methoxy groups -OCH3 is 2. The van der Waals surface area contributed by atoms with Gasteiger partial charge in [0.2, 0.25) is 0 Å². The molecule has 2 N–H and O–H groups in total. The van der Waals surface area contributed by atoms with Crippen molar-refractivity contribution in [3.05, 3.63) is 29.7 Å². The van der Waals surface area contributed by atoms with Gasteiger partial charge in [0.15, 0.2) is 16.7 Å². The molecule has 0 bridgehead atoms. The fourth-order valence-electron chi connectivity index (χ4n) is 1.43. The lowest BCUT2D eigenvalue weighted by molar-refractivity contribution is 0.354. The Morgan fingerprint density at radius 3 is 2.58 bits per heavy atom. The van der Waals surface area contributed by atoms with Crippen molar-refractivity contribution in [2.45, 2.75) is 9.92 Å². The van der Waals surface area contributed by atoms with Gasteiger partial charge < -0.3 is 15.2 Å². The third-order valence-electron chi connectivity index (χ3n) is 2.37. The van der Waals surface area contributed by atoms with Crippen LogP contribution in [0.2, 0.25) is 5.15 Å². The molecule has 1 aromatic carbocycles. The predicted octanol–water partition coefficient (Wildman–Crippen LogP) is 2.88. The Labute approximate surface area is 120 Å². The first-order valence-electron chi connectivity index (χ1n) is 5.31. The maximum absolute atomic E-state index is 5.85. The number of hydrogen-bond donors (Lipinski definition) is 1. The van der Waals surface area contributed by atoms with Crippen molar-refractivity contribution in [3.63, 3.8) is 0 Å². The summed E-state index contributed by atoms with van der Waals surface area (Å²) in [6, 6.07) is 5.56. The molecule has 0 saturated carbocycles. The average molecular weight is 298 g/mol. The summed E-state index contributed by atoms with van der Waals surface area (Å²) < 4.78 is 10.4. The van der Waals surface area contributed by atoms with Crippen molar-refractivity contribution in [1.29, 1.82) is 0 Å². The molecule has 1 aromatic heterocycles. The van der Waals surface area contributed by atoms with Gasteiger partial charge in [-0.05, 0) is 18.2 Å². The SMILES string of the molecule is COc1ccc(Sc2ncnc(Cl)c2N)cc1OC. The standard InChI is InChI=1S/C12H12ClN3O2S/c1-17-8-4-3-7(5-9(8)18-2)19-12-10(14)11(13)15-6-16-12/h3-6H,14H2,1-2H3. The number of hydrogen-bond acceptors (Lipinski definition) is 6. The van der Waals surface area contributed by atoms with E-state index >= 15 is 0 Å². The van der Waals surface area contributed by atoms with Crippen LogP contribution < -0.4 is 15.2 Å². The zero-order chi connectivity index (χ0) is 13.8. The number of halogens is 1. The van der Waals surface area contributed by atoms with E-state index in [9.17, 15) is 0 Å². The van der Waals surface area contributed by atoms with Crippen LogP contribution in [0.5, 0.6) is 11.5 Å². The quantitative estimate of drug-likeness (QED) is 0.875. The Bertz CT molecular complexity index is 595. The van der Waals surface area contributed by atoms with Crippen molar-refractivity contribution in [2.75, 3.05) is 20.0 Å². The normalized spacial score (nSPS) is 10.3. The van der Waals surface area contributed by atoms with Gasteiger partial charge in [0.1, 0.15) is 17.0 Å². The maximum atomic E-state index is 5.85. The van der Waals surface area contributed by atoms with Crippen molar-refractivity contribution in [2.24, 2.45) is 0 Å². The van der Waals surface area contributed by atoms with Gasteiger partial charge in [0, 0.05) is 4.90 Å². The molecule has 19 heavy (non-hydrogen) atoms. The van der Waals surface area contributed by atoms with E-state index < -0.39 is 0 Å². The lowest BCUT2D eigenvalue weighted by Gasteiger charge is -2.09. The highest BCUT2D eigenvalue weighted by molar-refractivity contribution is 7.99. The number of nitrogens with two attached hydrogens (primary N) is 1. The minimum Gasteiger partial charge on any atom is -0.493 e. The van der Waals surface area contributed by atoms with Crippen LogP contribution in [0, 0.1) is 0 Å². The maximum Gasteiger partial charge on any atom is 0.161 e. The van der Waals surface area contributed by atoms with Crippen LogP contribution in [0.4, 0.5) is 5.69 Å². The van der Waals surface area contributed by atoms with E-state index in [1.807, 2.05) is 18.2 Å². The first kappa shape index (κ1) is 13.8. The molecule has 0 spiro atoms. The van der Waals surface area contributed by atoms with Crippen LogP contribution >= 0.6 is 23.4 Å².